The van der Waals surface area contributed by atoms with Gasteiger partial charge in [0.2, 0.25) is 0 Å². The molecule has 3 aromatic rings. The third-order valence-electron chi connectivity index (χ3n) is 7.45. The lowest BCUT2D eigenvalue weighted by Crippen LogP contribution is -2.49. The van der Waals surface area contributed by atoms with Crippen LogP contribution in [0.3, 0.4) is 0 Å². The van der Waals surface area contributed by atoms with Gasteiger partial charge in [0.1, 0.15) is 17.4 Å². The molecule has 9 heteroatoms. The Kier molecular flexibility index (Phi) is 7.41. The Balaban J connectivity index is 1.24. The summed E-state index contributed by atoms with van der Waals surface area (Å²) >= 11 is 0. The number of aryl methyl sites for hydroxylation is 2. The molecule has 2 fully saturated rings. The molecule has 3 heterocycles. The van der Waals surface area contributed by atoms with E-state index in [1.54, 1.807) is 27.9 Å². The first-order valence-electron chi connectivity index (χ1n) is 13.2. The maximum absolute atomic E-state index is 15.3. The predicted molar refractivity (Wildman–Crippen MR) is 149 cm³/mol. The highest BCUT2D eigenvalue weighted by molar-refractivity contribution is 5.97. The number of ether oxygens (including phenoxy) is 1. The zero-order chi connectivity index (χ0) is 27.7. The number of pyridine rings is 1. The zero-order valence-electron chi connectivity index (χ0n) is 22.9. The number of anilines is 2. The number of piperazine rings is 1. The van der Waals surface area contributed by atoms with E-state index in [0.717, 1.165) is 28.3 Å². The second kappa shape index (κ2) is 10.9. The number of carbonyl (C=O) groups is 2. The Hall–Kier alpha value is -4.14. The lowest BCUT2D eigenvalue weighted by Gasteiger charge is -2.36. The molecular formula is C30H34FN5O3. The average molecular weight is 532 g/mol. The van der Waals surface area contributed by atoms with Crippen molar-refractivity contribution >= 4 is 23.4 Å². The zero-order valence-corrected chi connectivity index (χ0v) is 22.9. The first kappa shape index (κ1) is 26.5. The van der Waals surface area contributed by atoms with Gasteiger partial charge in [0.25, 0.3) is 5.91 Å². The van der Waals surface area contributed by atoms with Crippen molar-refractivity contribution in [1.29, 1.82) is 0 Å². The molecule has 2 aliphatic rings. The van der Waals surface area contributed by atoms with Gasteiger partial charge in [-0.3, -0.25) is 9.69 Å². The SMILES string of the molecule is COc1ccc(CN2CC(C)N(c3ccc(C(=O)N4CCN(c5ncc(C)cc5C)CC4)c(F)c3)C2=O)cc1. The first-order chi connectivity index (χ1) is 18.7. The second-order valence-corrected chi connectivity index (χ2v) is 10.3. The number of amides is 3. The van der Waals surface area contributed by atoms with E-state index in [-0.39, 0.29) is 23.5 Å². The monoisotopic (exact) mass is 531 g/mol. The summed E-state index contributed by atoms with van der Waals surface area (Å²) in [5, 5.41) is 0. The largest absolute Gasteiger partial charge is 0.497 e. The van der Waals surface area contributed by atoms with E-state index >= 15 is 4.39 Å². The fourth-order valence-corrected chi connectivity index (χ4v) is 5.43. The molecule has 2 aromatic carbocycles. The highest BCUT2D eigenvalue weighted by Crippen LogP contribution is 2.29. The number of methoxy groups -OCH3 is 1. The molecule has 5 rings (SSSR count). The van der Waals surface area contributed by atoms with Crippen molar-refractivity contribution in [2.45, 2.75) is 33.4 Å². The third kappa shape index (κ3) is 5.39. The molecule has 0 spiro atoms. The molecule has 0 N–H and O–H groups in total. The van der Waals surface area contributed by atoms with Crippen LogP contribution >= 0.6 is 0 Å². The normalized spacial score (nSPS) is 17.7. The first-order valence-corrected chi connectivity index (χ1v) is 13.2. The van der Waals surface area contributed by atoms with Crippen molar-refractivity contribution < 1.29 is 18.7 Å². The van der Waals surface area contributed by atoms with Crippen LogP contribution in [0.1, 0.15) is 34.0 Å². The van der Waals surface area contributed by atoms with Crippen LogP contribution in [0.4, 0.5) is 20.7 Å². The summed E-state index contributed by atoms with van der Waals surface area (Å²) in [6, 6.07) is 13.8. The highest BCUT2D eigenvalue weighted by atomic mass is 19.1. The number of urea groups is 1. The minimum absolute atomic E-state index is 0.0197. The molecule has 0 bridgehead atoms. The second-order valence-electron chi connectivity index (χ2n) is 10.3. The van der Waals surface area contributed by atoms with Gasteiger partial charge in [-0.05, 0) is 67.8 Å². The van der Waals surface area contributed by atoms with Gasteiger partial charge in [-0.2, -0.15) is 0 Å². The van der Waals surface area contributed by atoms with Crippen molar-refractivity contribution in [2.75, 3.05) is 49.6 Å². The molecule has 1 aromatic heterocycles. The number of carbonyl (C=O) groups excluding carboxylic acids is 2. The van der Waals surface area contributed by atoms with E-state index in [0.29, 0.717) is 45.0 Å². The molecule has 2 aliphatic heterocycles. The van der Waals surface area contributed by atoms with Gasteiger partial charge in [-0.1, -0.05) is 18.2 Å². The number of hydrogen-bond donors (Lipinski definition) is 0. The molecule has 1 atom stereocenters. The number of hydrogen-bond acceptors (Lipinski definition) is 5. The van der Waals surface area contributed by atoms with Crippen molar-refractivity contribution in [3.05, 3.63) is 82.8 Å². The van der Waals surface area contributed by atoms with Gasteiger partial charge in [0.05, 0.1) is 18.7 Å². The van der Waals surface area contributed by atoms with Gasteiger partial charge >= 0.3 is 6.03 Å². The Morgan fingerprint density at radius 1 is 1.05 bits per heavy atom. The number of aromatic nitrogens is 1. The summed E-state index contributed by atoms with van der Waals surface area (Å²) in [4.78, 5) is 38.2. The van der Waals surface area contributed by atoms with Crippen LogP contribution in [0.2, 0.25) is 0 Å². The maximum Gasteiger partial charge on any atom is 0.325 e. The van der Waals surface area contributed by atoms with E-state index in [2.05, 4.69) is 16.0 Å². The van der Waals surface area contributed by atoms with E-state index in [4.69, 9.17) is 4.74 Å². The minimum Gasteiger partial charge on any atom is -0.497 e. The van der Waals surface area contributed by atoms with Crippen molar-refractivity contribution in [2.24, 2.45) is 0 Å². The van der Waals surface area contributed by atoms with Crippen LogP contribution in [0.25, 0.3) is 0 Å². The van der Waals surface area contributed by atoms with Crippen LogP contribution in [0.5, 0.6) is 5.75 Å². The Morgan fingerprint density at radius 3 is 2.41 bits per heavy atom. The van der Waals surface area contributed by atoms with Gasteiger partial charge < -0.3 is 19.4 Å². The Bertz CT molecular complexity index is 1370. The molecule has 39 heavy (non-hydrogen) atoms. The standard InChI is InChI=1S/C30H34FN5O3/c1-20-15-21(2)28(32-17-20)33-11-13-34(14-12-33)29(37)26-10-7-24(16-27(26)31)36-22(3)18-35(30(36)38)19-23-5-8-25(39-4)9-6-23/h5-10,15-17,22H,11-14,18-19H2,1-4H3. The van der Waals surface area contributed by atoms with Crippen LogP contribution in [-0.4, -0.2) is 72.6 Å². The number of benzene rings is 2. The molecule has 204 valence electrons. The van der Waals surface area contributed by atoms with Crippen molar-refractivity contribution in [3.8, 4) is 5.75 Å². The number of nitrogens with zero attached hydrogens (tertiary/aromatic N) is 5. The molecule has 3 amide bonds. The molecule has 0 saturated carbocycles. The number of rotatable bonds is 6. The molecule has 0 radical (unpaired) electrons. The van der Waals surface area contributed by atoms with E-state index in [9.17, 15) is 9.59 Å². The van der Waals surface area contributed by atoms with Crippen LogP contribution in [0.15, 0.2) is 54.7 Å². The smallest absolute Gasteiger partial charge is 0.325 e. The van der Waals surface area contributed by atoms with E-state index in [1.807, 2.05) is 51.2 Å². The van der Waals surface area contributed by atoms with Crippen LogP contribution in [0, 0.1) is 19.7 Å². The Labute approximate surface area is 228 Å². The summed E-state index contributed by atoms with van der Waals surface area (Å²) < 4.78 is 20.5. The lowest BCUT2D eigenvalue weighted by atomic mass is 10.1. The van der Waals surface area contributed by atoms with E-state index < -0.39 is 5.82 Å². The molecule has 2 saturated heterocycles. The maximum atomic E-state index is 15.3. The fourth-order valence-electron chi connectivity index (χ4n) is 5.43. The summed E-state index contributed by atoms with van der Waals surface area (Å²) in [5.41, 5.74) is 3.66. The molecule has 8 nitrogen and oxygen atoms in total. The van der Waals surface area contributed by atoms with Crippen molar-refractivity contribution in [1.82, 2.24) is 14.8 Å². The van der Waals surface area contributed by atoms with E-state index in [1.165, 1.54) is 12.1 Å². The molecular weight excluding hydrogens is 497 g/mol. The highest BCUT2D eigenvalue weighted by Gasteiger charge is 2.36. The average Bonchev–Trinajstić information content (AvgIpc) is 3.21. The van der Waals surface area contributed by atoms with Gasteiger partial charge in [0.15, 0.2) is 0 Å². The Morgan fingerprint density at radius 2 is 1.77 bits per heavy atom. The van der Waals surface area contributed by atoms with Crippen LogP contribution < -0.4 is 14.5 Å². The summed E-state index contributed by atoms with van der Waals surface area (Å²) in [6.07, 6.45) is 1.85. The van der Waals surface area contributed by atoms with Gasteiger partial charge in [-0.25, -0.2) is 14.2 Å². The van der Waals surface area contributed by atoms with Gasteiger partial charge in [-0.15, -0.1) is 0 Å². The fraction of sp³-hybridized carbons (Fsp3) is 0.367. The lowest BCUT2D eigenvalue weighted by molar-refractivity contribution is 0.0742. The van der Waals surface area contributed by atoms with Crippen molar-refractivity contribution in [3.63, 3.8) is 0 Å². The topological polar surface area (TPSA) is 69.2 Å². The quantitative estimate of drug-likeness (QED) is 0.464. The molecule has 1 unspecified atom stereocenters. The predicted octanol–water partition coefficient (Wildman–Crippen LogP) is 4.64. The van der Waals surface area contributed by atoms with Crippen LogP contribution in [-0.2, 0) is 6.54 Å². The summed E-state index contributed by atoms with van der Waals surface area (Å²) in [7, 11) is 1.61. The summed E-state index contributed by atoms with van der Waals surface area (Å²) in [6.45, 7) is 9.19. The van der Waals surface area contributed by atoms with Gasteiger partial charge in [0, 0.05) is 51.2 Å². The third-order valence-corrected chi connectivity index (χ3v) is 7.45. The minimum atomic E-state index is -0.621. The number of halogens is 1. The summed E-state index contributed by atoms with van der Waals surface area (Å²) in [5.74, 6) is 0.722. The molecule has 0 aliphatic carbocycles.